The summed E-state index contributed by atoms with van der Waals surface area (Å²) in [5, 5.41) is 0.750. The molecule has 2 aliphatic rings. The molecular formula is C19H20FNO2. The first-order chi connectivity index (χ1) is 11.2. The van der Waals surface area contributed by atoms with Crippen molar-refractivity contribution in [2.24, 2.45) is 17.8 Å². The average Bonchev–Trinajstić information content (AvgIpc) is 3.05. The summed E-state index contributed by atoms with van der Waals surface area (Å²) in [6.07, 6.45) is 5.91. The molecule has 0 N–H and O–H groups in total. The Balaban J connectivity index is 1.48. The number of nitrogens with zero attached hydrogens (tertiary/aromatic N) is 1. The quantitative estimate of drug-likeness (QED) is 0.787. The molecule has 1 heterocycles. The third-order valence-electron chi connectivity index (χ3n) is 5.19. The Hall–Kier alpha value is -2.10. The van der Waals surface area contributed by atoms with Crippen molar-refractivity contribution in [2.75, 3.05) is 7.11 Å². The normalized spacial score (nSPS) is 29.4. The second-order valence-electron chi connectivity index (χ2n) is 6.63. The Morgan fingerprint density at radius 2 is 2.04 bits per heavy atom. The topological polar surface area (TPSA) is 31.4 Å². The number of fused-ring (bicyclic) bond motifs is 2. The van der Waals surface area contributed by atoms with E-state index in [0.29, 0.717) is 17.8 Å². The minimum absolute atomic E-state index is 0.213. The first kappa shape index (κ1) is 14.5. The number of ether oxygens (including phenoxy) is 2. The molecule has 2 fully saturated rings. The van der Waals surface area contributed by atoms with Crippen LogP contribution in [-0.2, 0) is 4.74 Å². The van der Waals surface area contributed by atoms with Crippen LogP contribution in [0.25, 0.3) is 10.9 Å². The summed E-state index contributed by atoms with van der Waals surface area (Å²) in [5.41, 5.74) is 2.10. The lowest BCUT2D eigenvalue weighted by Crippen LogP contribution is -2.16. The fourth-order valence-electron chi connectivity index (χ4n) is 4.20. The monoisotopic (exact) mass is 313 g/mol. The molecule has 0 spiro atoms. The number of benzene rings is 1. The Morgan fingerprint density at radius 3 is 2.78 bits per heavy atom. The van der Waals surface area contributed by atoms with E-state index < -0.39 is 0 Å². The van der Waals surface area contributed by atoms with E-state index in [1.54, 1.807) is 19.4 Å². The van der Waals surface area contributed by atoms with Crippen LogP contribution >= 0.6 is 0 Å². The third-order valence-corrected chi connectivity index (χ3v) is 5.19. The van der Waals surface area contributed by atoms with Gasteiger partial charge in [0.2, 0.25) is 0 Å². The molecule has 0 saturated heterocycles. The van der Waals surface area contributed by atoms with Crippen LogP contribution in [0.2, 0.25) is 0 Å². The van der Waals surface area contributed by atoms with Crippen molar-refractivity contribution in [3.8, 4) is 5.75 Å². The van der Waals surface area contributed by atoms with Crippen LogP contribution in [-0.4, -0.2) is 18.2 Å². The van der Waals surface area contributed by atoms with Gasteiger partial charge in [-0.3, -0.25) is 4.98 Å². The number of methoxy groups -OCH3 is 1. The molecule has 2 aromatic rings. The third kappa shape index (κ3) is 2.56. The molecule has 2 unspecified atom stereocenters. The van der Waals surface area contributed by atoms with E-state index in [0.717, 1.165) is 29.5 Å². The van der Waals surface area contributed by atoms with Gasteiger partial charge in [0.05, 0.1) is 25.0 Å². The van der Waals surface area contributed by atoms with Crippen molar-refractivity contribution in [3.63, 3.8) is 0 Å². The molecule has 2 aliphatic carbocycles. The fourth-order valence-corrected chi connectivity index (χ4v) is 4.20. The van der Waals surface area contributed by atoms with Gasteiger partial charge in [0.1, 0.15) is 11.6 Å². The second kappa shape index (κ2) is 5.52. The summed E-state index contributed by atoms with van der Waals surface area (Å²) in [4.78, 5) is 4.27. The SMILES string of the molecule is CO/C=C(/C)C1[C@H]2CC(Oc3ccnc4ccc(F)cc34)C[C@@H]12. The van der Waals surface area contributed by atoms with Crippen LogP contribution < -0.4 is 4.74 Å². The first-order valence-electron chi connectivity index (χ1n) is 8.07. The molecule has 3 nitrogen and oxygen atoms in total. The van der Waals surface area contributed by atoms with Crippen molar-refractivity contribution in [3.05, 3.63) is 48.1 Å². The van der Waals surface area contributed by atoms with E-state index in [9.17, 15) is 4.39 Å². The summed E-state index contributed by atoms with van der Waals surface area (Å²) >= 11 is 0. The molecule has 0 bridgehead atoms. The van der Waals surface area contributed by atoms with E-state index >= 15 is 0 Å². The predicted octanol–water partition coefficient (Wildman–Crippen LogP) is 4.33. The van der Waals surface area contributed by atoms with E-state index in [4.69, 9.17) is 9.47 Å². The molecule has 4 atom stereocenters. The molecule has 1 aromatic carbocycles. The number of halogens is 1. The second-order valence-corrected chi connectivity index (χ2v) is 6.63. The average molecular weight is 313 g/mol. The van der Waals surface area contributed by atoms with E-state index in [2.05, 4.69) is 11.9 Å². The van der Waals surface area contributed by atoms with Gasteiger partial charge in [0.15, 0.2) is 0 Å². The minimum atomic E-state index is -0.259. The van der Waals surface area contributed by atoms with Crippen molar-refractivity contribution >= 4 is 10.9 Å². The van der Waals surface area contributed by atoms with Crippen LogP contribution in [0.5, 0.6) is 5.75 Å². The number of pyridine rings is 1. The molecule has 120 valence electrons. The maximum absolute atomic E-state index is 13.5. The molecule has 0 radical (unpaired) electrons. The van der Waals surface area contributed by atoms with Crippen LogP contribution in [0.15, 0.2) is 42.3 Å². The van der Waals surface area contributed by atoms with E-state index in [1.165, 1.54) is 17.7 Å². The van der Waals surface area contributed by atoms with Gasteiger partial charge in [-0.05, 0) is 67.4 Å². The fraction of sp³-hybridized carbons (Fsp3) is 0.421. The summed E-state index contributed by atoms with van der Waals surface area (Å²) in [5.74, 6) is 2.54. The lowest BCUT2D eigenvalue weighted by Gasteiger charge is -2.18. The number of rotatable bonds is 4. The minimum Gasteiger partial charge on any atom is -0.504 e. The van der Waals surface area contributed by atoms with Crippen LogP contribution in [0.3, 0.4) is 0 Å². The lowest BCUT2D eigenvalue weighted by molar-refractivity contribution is 0.191. The molecule has 4 heteroatoms. The zero-order valence-electron chi connectivity index (χ0n) is 13.3. The van der Waals surface area contributed by atoms with Gasteiger partial charge in [0.25, 0.3) is 0 Å². The molecule has 0 aliphatic heterocycles. The molecule has 0 amide bonds. The van der Waals surface area contributed by atoms with E-state index in [1.807, 2.05) is 12.3 Å². The first-order valence-corrected chi connectivity index (χ1v) is 8.07. The van der Waals surface area contributed by atoms with Crippen LogP contribution in [0.4, 0.5) is 4.39 Å². The van der Waals surface area contributed by atoms with Crippen molar-refractivity contribution in [1.82, 2.24) is 4.98 Å². The van der Waals surface area contributed by atoms with Gasteiger partial charge in [-0.1, -0.05) is 0 Å². The van der Waals surface area contributed by atoms with Gasteiger partial charge in [-0.25, -0.2) is 4.39 Å². The lowest BCUT2D eigenvalue weighted by atomic mass is 10.0. The summed E-state index contributed by atoms with van der Waals surface area (Å²) < 4.78 is 24.8. The molecule has 23 heavy (non-hydrogen) atoms. The summed E-state index contributed by atoms with van der Waals surface area (Å²) in [7, 11) is 1.70. The molecular weight excluding hydrogens is 293 g/mol. The van der Waals surface area contributed by atoms with Crippen LogP contribution in [0, 0.1) is 23.6 Å². The molecule has 1 aromatic heterocycles. The van der Waals surface area contributed by atoms with Crippen molar-refractivity contribution in [1.29, 1.82) is 0 Å². The van der Waals surface area contributed by atoms with Crippen molar-refractivity contribution in [2.45, 2.75) is 25.9 Å². The van der Waals surface area contributed by atoms with Gasteiger partial charge < -0.3 is 9.47 Å². The smallest absolute Gasteiger partial charge is 0.130 e. The highest BCUT2D eigenvalue weighted by Crippen LogP contribution is 2.61. The largest absolute Gasteiger partial charge is 0.504 e. The standard InChI is InChI=1S/C19H20FNO2/c1-11(10-22-2)19-14-8-13(9-15(14)19)23-18-5-6-21-17-4-3-12(20)7-16(17)18/h3-7,10,13-15,19H,8-9H2,1-2H3/b11-10-/t13?,14-,15+,19?. The van der Waals surface area contributed by atoms with Crippen LogP contribution in [0.1, 0.15) is 19.8 Å². The van der Waals surface area contributed by atoms with Gasteiger partial charge in [-0.2, -0.15) is 0 Å². The maximum Gasteiger partial charge on any atom is 0.130 e. The Kier molecular flexibility index (Phi) is 3.47. The van der Waals surface area contributed by atoms with E-state index in [-0.39, 0.29) is 11.9 Å². The highest BCUT2D eigenvalue weighted by Gasteiger charge is 2.57. The van der Waals surface area contributed by atoms with Gasteiger partial charge in [-0.15, -0.1) is 0 Å². The zero-order valence-corrected chi connectivity index (χ0v) is 13.3. The Bertz CT molecular complexity index is 761. The number of hydrogen-bond acceptors (Lipinski definition) is 3. The Morgan fingerprint density at radius 1 is 1.26 bits per heavy atom. The number of aromatic nitrogens is 1. The summed E-state index contributed by atoms with van der Waals surface area (Å²) in [6, 6.07) is 6.46. The highest BCUT2D eigenvalue weighted by molar-refractivity contribution is 5.84. The molecule has 4 rings (SSSR count). The molecule has 2 saturated carbocycles. The van der Waals surface area contributed by atoms with Gasteiger partial charge >= 0.3 is 0 Å². The number of hydrogen-bond donors (Lipinski definition) is 0. The zero-order chi connectivity index (χ0) is 16.0. The van der Waals surface area contributed by atoms with Gasteiger partial charge in [0, 0.05) is 11.6 Å². The van der Waals surface area contributed by atoms with Crippen molar-refractivity contribution < 1.29 is 13.9 Å². The highest BCUT2D eigenvalue weighted by atomic mass is 19.1. The number of allylic oxidation sites excluding steroid dienone is 1. The maximum atomic E-state index is 13.5. The summed E-state index contributed by atoms with van der Waals surface area (Å²) in [6.45, 7) is 2.14. The Labute approximate surface area is 135 Å². The predicted molar refractivity (Wildman–Crippen MR) is 86.6 cm³/mol.